The fourth-order valence-electron chi connectivity index (χ4n) is 1.87. The van der Waals surface area contributed by atoms with Crippen LogP contribution in [0.5, 0.6) is 0 Å². The van der Waals surface area contributed by atoms with E-state index in [2.05, 4.69) is 22.5 Å². The lowest BCUT2D eigenvalue weighted by atomic mass is 10.2. The number of rotatable bonds is 7. The molecular weight excluding hydrogens is 325 g/mol. The average molecular weight is 351 g/mol. The average Bonchev–Trinajstić information content (AvgIpc) is 3.15. The zero-order chi connectivity index (χ0) is 11.2. The van der Waals surface area contributed by atoms with Crippen LogP contribution in [0, 0.1) is 11.8 Å². The van der Waals surface area contributed by atoms with Crippen LogP contribution in [0.15, 0.2) is 4.99 Å². The Morgan fingerprint density at radius 3 is 2.41 bits per heavy atom. The standard InChI is InChI=1S/C13H25N3.HI/c1-2-14-13(16-10-12-7-8-12)15-9-3-4-11-5-6-11;/h11-12H,2-10H2,1H3,(H2,14,15,16);1H. The SMILES string of the molecule is CCNC(=NCC1CC1)NCCCC1CC1.I. The molecule has 0 heterocycles. The smallest absolute Gasteiger partial charge is 0.191 e. The minimum Gasteiger partial charge on any atom is -0.357 e. The third-order valence-electron chi connectivity index (χ3n) is 3.33. The molecule has 0 amide bonds. The summed E-state index contributed by atoms with van der Waals surface area (Å²) < 4.78 is 0. The molecule has 3 nitrogen and oxygen atoms in total. The quantitative estimate of drug-likeness (QED) is 0.320. The summed E-state index contributed by atoms with van der Waals surface area (Å²) in [4.78, 5) is 4.60. The van der Waals surface area contributed by atoms with Crippen LogP contribution >= 0.6 is 24.0 Å². The fraction of sp³-hybridized carbons (Fsp3) is 0.923. The summed E-state index contributed by atoms with van der Waals surface area (Å²) in [6.07, 6.45) is 8.38. The Hall–Kier alpha value is 0. The van der Waals surface area contributed by atoms with Crippen molar-refractivity contribution >= 4 is 29.9 Å². The predicted octanol–water partition coefficient (Wildman–Crippen LogP) is 2.76. The zero-order valence-electron chi connectivity index (χ0n) is 10.9. The van der Waals surface area contributed by atoms with Gasteiger partial charge in [0.15, 0.2) is 5.96 Å². The first kappa shape index (κ1) is 15.1. The van der Waals surface area contributed by atoms with E-state index >= 15 is 0 Å². The molecule has 2 aliphatic carbocycles. The van der Waals surface area contributed by atoms with E-state index in [9.17, 15) is 0 Å². The van der Waals surface area contributed by atoms with Gasteiger partial charge in [-0.3, -0.25) is 4.99 Å². The molecule has 0 unspecified atom stereocenters. The monoisotopic (exact) mass is 351 g/mol. The van der Waals surface area contributed by atoms with Crippen molar-refractivity contribution in [1.82, 2.24) is 10.6 Å². The van der Waals surface area contributed by atoms with Gasteiger partial charge in [0.1, 0.15) is 0 Å². The molecule has 0 aromatic carbocycles. The van der Waals surface area contributed by atoms with Crippen molar-refractivity contribution in [2.45, 2.75) is 45.4 Å². The summed E-state index contributed by atoms with van der Waals surface area (Å²) in [5, 5.41) is 6.73. The van der Waals surface area contributed by atoms with Crippen molar-refractivity contribution in [3.8, 4) is 0 Å². The first-order chi connectivity index (χ1) is 7.88. The molecule has 0 bridgehead atoms. The molecule has 2 aliphatic rings. The molecule has 0 radical (unpaired) electrons. The van der Waals surface area contributed by atoms with Gasteiger partial charge in [0.05, 0.1) is 0 Å². The lowest BCUT2D eigenvalue weighted by Crippen LogP contribution is -2.38. The number of guanidine groups is 1. The molecule has 0 aromatic rings. The van der Waals surface area contributed by atoms with Crippen LogP contribution in [0.25, 0.3) is 0 Å². The summed E-state index contributed by atoms with van der Waals surface area (Å²) in [7, 11) is 0. The van der Waals surface area contributed by atoms with E-state index in [0.29, 0.717) is 0 Å². The van der Waals surface area contributed by atoms with Gasteiger partial charge in [0.2, 0.25) is 0 Å². The molecule has 0 aliphatic heterocycles. The second-order valence-corrected chi connectivity index (χ2v) is 5.18. The van der Waals surface area contributed by atoms with E-state index in [1.807, 2.05) is 0 Å². The zero-order valence-corrected chi connectivity index (χ0v) is 13.2. The summed E-state index contributed by atoms with van der Waals surface area (Å²) in [5.74, 6) is 2.94. The third kappa shape index (κ3) is 7.11. The first-order valence-electron chi connectivity index (χ1n) is 6.90. The fourth-order valence-corrected chi connectivity index (χ4v) is 1.87. The largest absolute Gasteiger partial charge is 0.357 e. The van der Waals surface area contributed by atoms with Crippen molar-refractivity contribution in [3.05, 3.63) is 0 Å². The van der Waals surface area contributed by atoms with Gasteiger partial charge < -0.3 is 10.6 Å². The molecule has 0 atom stereocenters. The number of aliphatic imine (C=N–C) groups is 1. The van der Waals surface area contributed by atoms with Gasteiger partial charge in [-0.05, 0) is 44.4 Å². The van der Waals surface area contributed by atoms with Crippen molar-refractivity contribution in [1.29, 1.82) is 0 Å². The summed E-state index contributed by atoms with van der Waals surface area (Å²) in [5.41, 5.74) is 0. The Balaban J connectivity index is 0.00000144. The van der Waals surface area contributed by atoms with Gasteiger partial charge in [0.25, 0.3) is 0 Å². The second-order valence-electron chi connectivity index (χ2n) is 5.18. The van der Waals surface area contributed by atoms with Gasteiger partial charge in [-0.2, -0.15) is 0 Å². The van der Waals surface area contributed by atoms with Crippen molar-refractivity contribution < 1.29 is 0 Å². The van der Waals surface area contributed by atoms with Crippen LogP contribution < -0.4 is 10.6 Å². The molecule has 0 saturated heterocycles. The van der Waals surface area contributed by atoms with Crippen LogP contribution in [0.2, 0.25) is 0 Å². The van der Waals surface area contributed by atoms with Crippen LogP contribution in [-0.2, 0) is 0 Å². The van der Waals surface area contributed by atoms with Crippen LogP contribution in [0.4, 0.5) is 0 Å². The van der Waals surface area contributed by atoms with E-state index in [-0.39, 0.29) is 24.0 Å². The molecule has 0 spiro atoms. The van der Waals surface area contributed by atoms with Gasteiger partial charge in [-0.25, -0.2) is 0 Å². The van der Waals surface area contributed by atoms with Gasteiger partial charge >= 0.3 is 0 Å². The topological polar surface area (TPSA) is 36.4 Å². The number of nitrogens with one attached hydrogen (secondary N) is 2. The van der Waals surface area contributed by atoms with E-state index in [0.717, 1.165) is 37.4 Å². The molecule has 2 fully saturated rings. The number of hydrogen-bond acceptors (Lipinski definition) is 1. The third-order valence-corrected chi connectivity index (χ3v) is 3.33. The minimum atomic E-state index is 0. The van der Waals surface area contributed by atoms with Crippen molar-refractivity contribution in [2.75, 3.05) is 19.6 Å². The maximum atomic E-state index is 4.60. The van der Waals surface area contributed by atoms with Crippen LogP contribution in [0.3, 0.4) is 0 Å². The first-order valence-corrected chi connectivity index (χ1v) is 6.90. The Bertz CT molecular complexity index is 235. The van der Waals surface area contributed by atoms with Gasteiger partial charge in [0, 0.05) is 19.6 Å². The van der Waals surface area contributed by atoms with E-state index in [1.54, 1.807) is 0 Å². The normalized spacial score (nSPS) is 19.7. The maximum absolute atomic E-state index is 4.60. The Kier molecular flexibility index (Phi) is 7.23. The number of nitrogens with zero attached hydrogens (tertiary/aromatic N) is 1. The lowest BCUT2D eigenvalue weighted by molar-refractivity contribution is 0.644. The highest BCUT2D eigenvalue weighted by molar-refractivity contribution is 14.0. The summed E-state index contributed by atoms with van der Waals surface area (Å²) >= 11 is 0. The summed E-state index contributed by atoms with van der Waals surface area (Å²) in [6.45, 7) is 5.17. The lowest BCUT2D eigenvalue weighted by Gasteiger charge is -2.10. The molecule has 2 saturated carbocycles. The number of hydrogen-bond donors (Lipinski definition) is 2. The van der Waals surface area contributed by atoms with Gasteiger partial charge in [-0.1, -0.05) is 12.8 Å². The molecule has 2 N–H and O–H groups in total. The molecular formula is C13H26IN3. The van der Waals surface area contributed by atoms with E-state index in [4.69, 9.17) is 0 Å². The maximum Gasteiger partial charge on any atom is 0.191 e. The molecule has 100 valence electrons. The van der Waals surface area contributed by atoms with Crippen molar-refractivity contribution in [3.63, 3.8) is 0 Å². The molecule has 4 heteroatoms. The number of halogens is 1. The highest BCUT2D eigenvalue weighted by Gasteiger charge is 2.21. The van der Waals surface area contributed by atoms with Crippen LogP contribution in [-0.4, -0.2) is 25.6 Å². The van der Waals surface area contributed by atoms with E-state index < -0.39 is 0 Å². The Morgan fingerprint density at radius 2 is 1.82 bits per heavy atom. The highest BCUT2D eigenvalue weighted by atomic mass is 127. The summed E-state index contributed by atoms with van der Waals surface area (Å²) in [6, 6.07) is 0. The molecule has 0 aromatic heterocycles. The van der Waals surface area contributed by atoms with E-state index in [1.165, 1.54) is 38.5 Å². The van der Waals surface area contributed by atoms with Crippen molar-refractivity contribution in [2.24, 2.45) is 16.8 Å². The highest BCUT2D eigenvalue weighted by Crippen LogP contribution is 2.33. The predicted molar refractivity (Wildman–Crippen MR) is 84.1 cm³/mol. The molecule has 2 rings (SSSR count). The second kappa shape index (κ2) is 8.16. The van der Waals surface area contributed by atoms with Gasteiger partial charge in [-0.15, -0.1) is 24.0 Å². The Morgan fingerprint density at radius 1 is 1.12 bits per heavy atom. The molecule has 17 heavy (non-hydrogen) atoms. The van der Waals surface area contributed by atoms with Crippen LogP contribution in [0.1, 0.15) is 45.4 Å². The minimum absolute atomic E-state index is 0. The Labute approximate surface area is 122 Å².